The minimum atomic E-state index is -0.327. The molecule has 6 heteroatoms. The maximum Gasteiger partial charge on any atom is 0.315 e. The standard InChI is InChI=1S/C18H23N3O3/c1-10-6-12(3)21-17(22)15(10)9-20-18(23)19-8-13-4-5-16(24-13)14-7-11(14)2/h4-6,11,14H,7-9H2,1-3H3,(H,21,22)(H2,19,20,23). The summed E-state index contributed by atoms with van der Waals surface area (Å²) in [5, 5.41) is 5.45. The Kier molecular flexibility index (Phi) is 4.46. The average Bonchev–Trinajstić information content (AvgIpc) is 3.06. The number of urea groups is 1. The van der Waals surface area contributed by atoms with Crippen molar-refractivity contribution in [1.29, 1.82) is 0 Å². The summed E-state index contributed by atoms with van der Waals surface area (Å²) in [6.45, 7) is 6.42. The van der Waals surface area contributed by atoms with Gasteiger partial charge in [-0.15, -0.1) is 0 Å². The third-order valence-corrected chi connectivity index (χ3v) is 4.50. The first-order valence-electron chi connectivity index (χ1n) is 8.23. The van der Waals surface area contributed by atoms with Gasteiger partial charge in [0.15, 0.2) is 0 Å². The molecule has 2 aromatic rings. The molecule has 1 aliphatic rings. The minimum Gasteiger partial charge on any atom is -0.464 e. The Morgan fingerprint density at radius 3 is 2.67 bits per heavy atom. The fourth-order valence-corrected chi connectivity index (χ4v) is 2.91. The van der Waals surface area contributed by atoms with E-state index in [9.17, 15) is 9.59 Å². The lowest BCUT2D eigenvalue weighted by Crippen LogP contribution is -2.36. The highest BCUT2D eigenvalue weighted by atomic mass is 16.3. The summed E-state index contributed by atoms with van der Waals surface area (Å²) in [5.41, 5.74) is 2.08. The normalized spacial score (nSPS) is 19.1. The number of furan rings is 1. The molecular formula is C18H23N3O3. The van der Waals surface area contributed by atoms with Crippen LogP contribution in [0.5, 0.6) is 0 Å². The Hall–Kier alpha value is -2.50. The maximum atomic E-state index is 11.9. The Bertz CT molecular complexity index is 806. The maximum absolute atomic E-state index is 11.9. The van der Waals surface area contributed by atoms with Gasteiger partial charge in [0.1, 0.15) is 11.5 Å². The summed E-state index contributed by atoms with van der Waals surface area (Å²) in [4.78, 5) is 26.6. The SMILES string of the molecule is Cc1cc(C)c(CNC(=O)NCc2ccc(C3CC3C)o2)c(=O)[nH]1. The number of aryl methyl sites for hydroxylation is 2. The van der Waals surface area contributed by atoms with Gasteiger partial charge in [-0.1, -0.05) is 6.92 Å². The van der Waals surface area contributed by atoms with Crippen LogP contribution >= 0.6 is 0 Å². The van der Waals surface area contributed by atoms with Gasteiger partial charge in [0, 0.05) is 17.2 Å². The van der Waals surface area contributed by atoms with Crippen molar-refractivity contribution in [2.75, 3.05) is 0 Å². The third kappa shape index (κ3) is 3.69. The van der Waals surface area contributed by atoms with Crippen molar-refractivity contribution in [3.8, 4) is 0 Å². The molecule has 0 spiro atoms. The third-order valence-electron chi connectivity index (χ3n) is 4.50. The van der Waals surface area contributed by atoms with Crippen LogP contribution in [0.25, 0.3) is 0 Å². The number of H-pyrrole nitrogens is 1. The summed E-state index contributed by atoms with van der Waals surface area (Å²) in [7, 11) is 0. The molecule has 2 heterocycles. The molecular weight excluding hydrogens is 306 g/mol. The van der Waals surface area contributed by atoms with Crippen molar-refractivity contribution in [3.05, 3.63) is 56.9 Å². The zero-order valence-corrected chi connectivity index (χ0v) is 14.2. The van der Waals surface area contributed by atoms with Gasteiger partial charge in [0.25, 0.3) is 5.56 Å². The number of pyridine rings is 1. The lowest BCUT2D eigenvalue weighted by atomic mass is 10.1. The van der Waals surface area contributed by atoms with E-state index in [1.54, 1.807) is 0 Å². The topological polar surface area (TPSA) is 87.1 Å². The van der Waals surface area contributed by atoms with Gasteiger partial charge in [-0.25, -0.2) is 4.79 Å². The number of aromatic amines is 1. The molecule has 2 atom stereocenters. The Morgan fingerprint density at radius 2 is 2.00 bits per heavy atom. The van der Waals surface area contributed by atoms with E-state index in [2.05, 4.69) is 22.5 Å². The fourth-order valence-electron chi connectivity index (χ4n) is 2.91. The van der Waals surface area contributed by atoms with Crippen molar-refractivity contribution in [1.82, 2.24) is 15.6 Å². The molecule has 1 aliphatic carbocycles. The van der Waals surface area contributed by atoms with Gasteiger partial charge < -0.3 is 20.0 Å². The van der Waals surface area contributed by atoms with Crippen LogP contribution in [0.2, 0.25) is 0 Å². The van der Waals surface area contributed by atoms with Crippen LogP contribution in [0, 0.1) is 19.8 Å². The van der Waals surface area contributed by atoms with E-state index >= 15 is 0 Å². The van der Waals surface area contributed by atoms with E-state index in [0.29, 0.717) is 23.9 Å². The summed E-state index contributed by atoms with van der Waals surface area (Å²) in [6, 6.07) is 5.44. The number of hydrogen-bond donors (Lipinski definition) is 3. The fraction of sp³-hybridized carbons (Fsp3) is 0.444. The van der Waals surface area contributed by atoms with Gasteiger partial charge in [0.05, 0.1) is 13.1 Å². The molecule has 24 heavy (non-hydrogen) atoms. The molecule has 0 aliphatic heterocycles. The van der Waals surface area contributed by atoms with Crippen molar-refractivity contribution in [2.45, 2.75) is 46.2 Å². The van der Waals surface area contributed by atoms with Gasteiger partial charge in [-0.05, 0) is 49.9 Å². The Morgan fingerprint density at radius 1 is 1.29 bits per heavy atom. The van der Waals surface area contributed by atoms with Crippen LogP contribution in [0.1, 0.15) is 47.6 Å². The highest BCUT2D eigenvalue weighted by Crippen LogP contribution is 2.47. The second kappa shape index (κ2) is 6.55. The monoisotopic (exact) mass is 329 g/mol. The smallest absolute Gasteiger partial charge is 0.315 e. The van der Waals surface area contributed by atoms with Crippen molar-refractivity contribution >= 4 is 6.03 Å². The van der Waals surface area contributed by atoms with E-state index in [0.717, 1.165) is 22.8 Å². The van der Waals surface area contributed by atoms with E-state index in [-0.39, 0.29) is 18.1 Å². The lowest BCUT2D eigenvalue weighted by molar-refractivity contribution is 0.239. The number of rotatable bonds is 5. The number of carbonyl (C=O) groups is 1. The molecule has 0 aromatic carbocycles. The number of aromatic nitrogens is 1. The van der Waals surface area contributed by atoms with Crippen LogP contribution in [-0.4, -0.2) is 11.0 Å². The highest BCUT2D eigenvalue weighted by Gasteiger charge is 2.36. The van der Waals surface area contributed by atoms with Crippen LogP contribution < -0.4 is 16.2 Å². The molecule has 2 amide bonds. The van der Waals surface area contributed by atoms with Crippen molar-refractivity contribution < 1.29 is 9.21 Å². The summed E-state index contributed by atoms with van der Waals surface area (Å²) in [5.74, 6) is 2.96. The first-order chi connectivity index (χ1) is 11.4. The summed E-state index contributed by atoms with van der Waals surface area (Å²) >= 11 is 0. The largest absolute Gasteiger partial charge is 0.464 e. The molecule has 1 saturated carbocycles. The number of carbonyl (C=O) groups excluding carboxylic acids is 1. The molecule has 3 N–H and O–H groups in total. The van der Waals surface area contributed by atoms with Crippen LogP contribution in [-0.2, 0) is 13.1 Å². The molecule has 1 fully saturated rings. The lowest BCUT2D eigenvalue weighted by Gasteiger charge is -2.09. The predicted octanol–water partition coefficient (Wildman–Crippen LogP) is 2.71. The van der Waals surface area contributed by atoms with E-state index in [4.69, 9.17) is 4.42 Å². The Balaban J connectivity index is 1.49. The molecule has 0 radical (unpaired) electrons. The number of hydrogen-bond acceptors (Lipinski definition) is 3. The molecule has 2 aromatic heterocycles. The zero-order chi connectivity index (χ0) is 17.3. The van der Waals surface area contributed by atoms with Crippen molar-refractivity contribution in [2.24, 2.45) is 5.92 Å². The second-order valence-corrected chi connectivity index (χ2v) is 6.60. The predicted molar refractivity (Wildman–Crippen MR) is 90.8 cm³/mol. The summed E-state index contributed by atoms with van der Waals surface area (Å²) in [6.07, 6.45) is 1.17. The molecule has 3 rings (SSSR count). The zero-order valence-electron chi connectivity index (χ0n) is 14.2. The van der Waals surface area contributed by atoms with Gasteiger partial charge in [-0.3, -0.25) is 4.79 Å². The van der Waals surface area contributed by atoms with Crippen LogP contribution in [0.15, 0.2) is 27.4 Å². The van der Waals surface area contributed by atoms with Gasteiger partial charge >= 0.3 is 6.03 Å². The second-order valence-electron chi connectivity index (χ2n) is 6.60. The number of nitrogens with one attached hydrogen (secondary N) is 3. The number of amides is 2. The van der Waals surface area contributed by atoms with Crippen LogP contribution in [0.3, 0.4) is 0 Å². The quantitative estimate of drug-likeness (QED) is 0.788. The molecule has 0 bridgehead atoms. The molecule has 128 valence electrons. The molecule has 0 saturated heterocycles. The van der Waals surface area contributed by atoms with Gasteiger partial charge in [-0.2, -0.15) is 0 Å². The molecule has 6 nitrogen and oxygen atoms in total. The van der Waals surface area contributed by atoms with Gasteiger partial charge in [0.2, 0.25) is 0 Å². The van der Waals surface area contributed by atoms with Crippen LogP contribution in [0.4, 0.5) is 4.79 Å². The summed E-state index contributed by atoms with van der Waals surface area (Å²) < 4.78 is 5.75. The Labute approximate surface area is 140 Å². The van der Waals surface area contributed by atoms with E-state index < -0.39 is 0 Å². The average molecular weight is 329 g/mol. The first-order valence-corrected chi connectivity index (χ1v) is 8.23. The van der Waals surface area contributed by atoms with Crippen molar-refractivity contribution in [3.63, 3.8) is 0 Å². The molecule has 2 unspecified atom stereocenters. The van der Waals surface area contributed by atoms with E-state index in [1.165, 1.54) is 6.42 Å². The highest BCUT2D eigenvalue weighted by molar-refractivity contribution is 5.73. The minimum absolute atomic E-state index is 0.165. The first kappa shape index (κ1) is 16.4. The van der Waals surface area contributed by atoms with E-state index in [1.807, 2.05) is 32.0 Å².